The SMILES string of the molecule is Nc1ccc2[nH]nc(C(=O)N3CCC(CO)C3)c2c1. The number of rotatable bonds is 2. The summed E-state index contributed by atoms with van der Waals surface area (Å²) in [5, 5.41) is 16.8. The third-order valence-electron chi connectivity index (χ3n) is 3.62. The summed E-state index contributed by atoms with van der Waals surface area (Å²) in [5.74, 6) is 0.0759. The van der Waals surface area contributed by atoms with E-state index < -0.39 is 0 Å². The Morgan fingerprint density at radius 1 is 1.58 bits per heavy atom. The van der Waals surface area contributed by atoms with Gasteiger partial charge in [-0.3, -0.25) is 9.89 Å². The minimum atomic E-state index is -0.104. The number of aliphatic hydroxyl groups is 1. The predicted molar refractivity (Wildman–Crippen MR) is 71.6 cm³/mol. The van der Waals surface area contributed by atoms with Crippen LogP contribution in [0, 0.1) is 5.92 Å². The molecule has 0 bridgehead atoms. The van der Waals surface area contributed by atoms with E-state index in [1.807, 2.05) is 6.07 Å². The highest BCUT2D eigenvalue weighted by Crippen LogP contribution is 2.23. The zero-order valence-electron chi connectivity index (χ0n) is 10.5. The van der Waals surface area contributed by atoms with Crippen LogP contribution in [0.2, 0.25) is 0 Å². The third kappa shape index (κ3) is 2.04. The molecule has 1 fully saturated rings. The average Bonchev–Trinajstić information content (AvgIpc) is 3.04. The Morgan fingerprint density at radius 3 is 3.16 bits per heavy atom. The smallest absolute Gasteiger partial charge is 0.275 e. The lowest BCUT2D eigenvalue weighted by atomic mass is 10.1. The van der Waals surface area contributed by atoms with Gasteiger partial charge in [0.25, 0.3) is 5.91 Å². The molecule has 0 saturated carbocycles. The van der Waals surface area contributed by atoms with Crippen LogP contribution in [-0.2, 0) is 0 Å². The number of fused-ring (bicyclic) bond motifs is 1. The summed E-state index contributed by atoms with van der Waals surface area (Å²) in [7, 11) is 0. The standard InChI is InChI=1S/C13H16N4O2/c14-9-1-2-11-10(5-9)12(16-15-11)13(19)17-4-3-8(6-17)7-18/h1-2,5,8,18H,3-4,6-7,14H2,(H,15,16). The number of carbonyl (C=O) groups is 1. The summed E-state index contributed by atoms with van der Waals surface area (Å²) < 4.78 is 0. The second kappa shape index (κ2) is 4.55. The van der Waals surface area contributed by atoms with Crippen molar-refractivity contribution in [2.75, 3.05) is 25.4 Å². The van der Waals surface area contributed by atoms with E-state index in [1.54, 1.807) is 17.0 Å². The highest BCUT2D eigenvalue weighted by molar-refractivity contribution is 6.05. The van der Waals surface area contributed by atoms with Gasteiger partial charge in [0.15, 0.2) is 5.69 Å². The Kier molecular flexibility index (Phi) is 2.87. The molecule has 1 aromatic heterocycles. The van der Waals surface area contributed by atoms with E-state index in [9.17, 15) is 4.79 Å². The molecule has 4 N–H and O–H groups in total. The zero-order valence-corrected chi connectivity index (χ0v) is 10.5. The highest BCUT2D eigenvalue weighted by atomic mass is 16.3. The molecule has 0 radical (unpaired) electrons. The van der Waals surface area contributed by atoms with E-state index in [2.05, 4.69) is 10.2 Å². The molecule has 1 aliphatic rings. The monoisotopic (exact) mass is 260 g/mol. The van der Waals surface area contributed by atoms with Crippen molar-refractivity contribution in [3.63, 3.8) is 0 Å². The van der Waals surface area contributed by atoms with Gasteiger partial charge in [-0.05, 0) is 24.6 Å². The zero-order chi connectivity index (χ0) is 13.4. The molecule has 3 rings (SSSR count). The van der Waals surface area contributed by atoms with Gasteiger partial charge < -0.3 is 15.7 Å². The van der Waals surface area contributed by atoms with Crippen LogP contribution in [0.3, 0.4) is 0 Å². The van der Waals surface area contributed by atoms with Gasteiger partial charge in [-0.15, -0.1) is 0 Å². The topological polar surface area (TPSA) is 95.2 Å². The molecule has 6 heteroatoms. The Balaban J connectivity index is 1.92. The summed E-state index contributed by atoms with van der Waals surface area (Å²) >= 11 is 0. The van der Waals surface area contributed by atoms with Crippen molar-refractivity contribution in [1.29, 1.82) is 0 Å². The molecule has 100 valence electrons. The summed E-state index contributed by atoms with van der Waals surface area (Å²) in [4.78, 5) is 14.2. The number of aliphatic hydroxyl groups excluding tert-OH is 1. The highest BCUT2D eigenvalue weighted by Gasteiger charge is 2.28. The molecular weight excluding hydrogens is 244 g/mol. The van der Waals surface area contributed by atoms with Gasteiger partial charge in [-0.2, -0.15) is 5.10 Å². The van der Waals surface area contributed by atoms with E-state index in [0.29, 0.717) is 24.5 Å². The van der Waals surface area contributed by atoms with Crippen LogP contribution in [-0.4, -0.2) is 45.8 Å². The maximum atomic E-state index is 12.4. The number of anilines is 1. The molecule has 1 amide bonds. The van der Waals surface area contributed by atoms with E-state index in [4.69, 9.17) is 10.8 Å². The van der Waals surface area contributed by atoms with Crippen molar-refractivity contribution >= 4 is 22.5 Å². The molecular formula is C13H16N4O2. The predicted octanol–water partition coefficient (Wildman–Crippen LogP) is 0.600. The maximum Gasteiger partial charge on any atom is 0.275 e. The van der Waals surface area contributed by atoms with Gasteiger partial charge in [-0.25, -0.2) is 0 Å². The van der Waals surface area contributed by atoms with Gasteiger partial charge in [0.2, 0.25) is 0 Å². The number of amides is 1. The van der Waals surface area contributed by atoms with Crippen LogP contribution < -0.4 is 5.73 Å². The number of hydrogen-bond donors (Lipinski definition) is 3. The second-order valence-corrected chi connectivity index (χ2v) is 4.97. The number of likely N-dealkylation sites (tertiary alicyclic amines) is 1. The Labute approximate surface area is 110 Å². The van der Waals surface area contributed by atoms with Crippen molar-refractivity contribution in [3.05, 3.63) is 23.9 Å². The maximum absolute atomic E-state index is 12.4. The van der Waals surface area contributed by atoms with Gasteiger partial charge in [0.1, 0.15) is 0 Å². The fourth-order valence-electron chi connectivity index (χ4n) is 2.51. The van der Waals surface area contributed by atoms with Crippen LogP contribution >= 0.6 is 0 Å². The third-order valence-corrected chi connectivity index (χ3v) is 3.62. The van der Waals surface area contributed by atoms with Crippen LogP contribution in [0.4, 0.5) is 5.69 Å². The molecule has 0 spiro atoms. The van der Waals surface area contributed by atoms with Gasteiger partial charge in [0, 0.05) is 36.7 Å². The summed E-state index contributed by atoms with van der Waals surface area (Å²) in [6, 6.07) is 5.34. The Bertz CT molecular complexity index is 622. The number of nitrogens with two attached hydrogens (primary N) is 1. The fourth-order valence-corrected chi connectivity index (χ4v) is 2.51. The molecule has 0 aliphatic carbocycles. The number of hydrogen-bond acceptors (Lipinski definition) is 4. The number of nitrogens with zero attached hydrogens (tertiary/aromatic N) is 2. The quantitative estimate of drug-likeness (QED) is 0.689. The molecule has 19 heavy (non-hydrogen) atoms. The van der Waals surface area contributed by atoms with Crippen molar-refractivity contribution in [3.8, 4) is 0 Å². The van der Waals surface area contributed by atoms with E-state index in [1.165, 1.54) is 0 Å². The molecule has 1 saturated heterocycles. The molecule has 1 atom stereocenters. The number of nitrogens with one attached hydrogen (secondary N) is 1. The lowest BCUT2D eigenvalue weighted by Crippen LogP contribution is -2.29. The number of H-pyrrole nitrogens is 1. The summed E-state index contributed by atoms with van der Waals surface area (Å²) in [6.45, 7) is 1.38. The van der Waals surface area contributed by atoms with Gasteiger partial charge in [-0.1, -0.05) is 0 Å². The van der Waals surface area contributed by atoms with Crippen LogP contribution in [0.25, 0.3) is 10.9 Å². The number of aromatic nitrogens is 2. The van der Waals surface area contributed by atoms with Gasteiger partial charge >= 0.3 is 0 Å². The van der Waals surface area contributed by atoms with E-state index >= 15 is 0 Å². The Hall–Kier alpha value is -2.08. The summed E-state index contributed by atoms with van der Waals surface area (Å²) in [6.07, 6.45) is 0.840. The normalized spacial score (nSPS) is 19.2. The molecule has 6 nitrogen and oxygen atoms in total. The van der Waals surface area contributed by atoms with Crippen molar-refractivity contribution in [2.45, 2.75) is 6.42 Å². The van der Waals surface area contributed by atoms with E-state index in [0.717, 1.165) is 17.3 Å². The van der Waals surface area contributed by atoms with E-state index in [-0.39, 0.29) is 18.4 Å². The van der Waals surface area contributed by atoms with Crippen molar-refractivity contribution in [2.24, 2.45) is 5.92 Å². The fraction of sp³-hybridized carbons (Fsp3) is 0.385. The molecule has 2 heterocycles. The first-order valence-electron chi connectivity index (χ1n) is 6.33. The van der Waals surface area contributed by atoms with Crippen LogP contribution in [0.1, 0.15) is 16.9 Å². The number of aromatic amines is 1. The number of carbonyl (C=O) groups excluding carboxylic acids is 1. The van der Waals surface area contributed by atoms with Crippen LogP contribution in [0.15, 0.2) is 18.2 Å². The lowest BCUT2D eigenvalue weighted by molar-refractivity contribution is 0.0778. The number of benzene rings is 1. The molecule has 1 unspecified atom stereocenters. The molecule has 2 aromatic rings. The minimum Gasteiger partial charge on any atom is -0.399 e. The van der Waals surface area contributed by atoms with Crippen LogP contribution in [0.5, 0.6) is 0 Å². The first-order valence-corrected chi connectivity index (χ1v) is 6.33. The largest absolute Gasteiger partial charge is 0.399 e. The molecule has 1 aromatic carbocycles. The van der Waals surface area contributed by atoms with Crippen molar-refractivity contribution < 1.29 is 9.90 Å². The summed E-state index contributed by atoms with van der Waals surface area (Å²) in [5.41, 5.74) is 7.56. The number of nitrogen functional groups attached to an aromatic ring is 1. The molecule has 1 aliphatic heterocycles. The second-order valence-electron chi connectivity index (χ2n) is 4.97. The first kappa shape index (κ1) is 12.0. The van der Waals surface area contributed by atoms with Crippen molar-refractivity contribution in [1.82, 2.24) is 15.1 Å². The lowest BCUT2D eigenvalue weighted by Gasteiger charge is -2.14. The Morgan fingerprint density at radius 2 is 2.42 bits per heavy atom. The van der Waals surface area contributed by atoms with Gasteiger partial charge in [0.05, 0.1) is 5.52 Å². The minimum absolute atomic E-state index is 0.104. The first-order chi connectivity index (χ1) is 9.19. The average molecular weight is 260 g/mol.